The van der Waals surface area contributed by atoms with Crippen molar-refractivity contribution in [3.63, 3.8) is 0 Å². The number of carbonyl (C=O) groups excluding carboxylic acids is 3. The summed E-state index contributed by atoms with van der Waals surface area (Å²) in [5.41, 5.74) is -0.786. The maximum atomic E-state index is 12.7. The van der Waals surface area contributed by atoms with E-state index in [0.717, 1.165) is 23.9 Å². The maximum absolute atomic E-state index is 12.7. The number of benzene rings is 1. The molecule has 6 nitrogen and oxygen atoms in total. The summed E-state index contributed by atoms with van der Waals surface area (Å²) in [6, 6.07) is 2.32. The lowest BCUT2D eigenvalue weighted by Crippen LogP contribution is -2.46. The Morgan fingerprint density at radius 1 is 1.35 bits per heavy atom. The number of thioether (sulfide) groups is 1. The summed E-state index contributed by atoms with van der Waals surface area (Å²) < 4.78 is 38.2. The highest BCUT2D eigenvalue weighted by atomic mass is 32.2. The lowest BCUT2D eigenvalue weighted by atomic mass is 10.1. The summed E-state index contributed by atoms with van der Waals surface area (Å²) in [4.78, 5) is 36.2. The number of fused-ring (bicyclic) bond motifs is 1. The largest absolute Gasteiger partial charge is 0.416 e. The number of rotatable bonds is 5. The highest BCUT2D eigenvalue weighted by Crippen LogP contribution is 2.40. The minimum absolute atomic E-state index is 0.0715. The first-order valence-corrected chi connectivity index (χ1v) is 8.75. The van der Waals surface area contributed by atoms with Crippen molar-refractivity contribution in [2.24, 2.45) is 0 Å². The Morgan fingerprint density at radius 2 is 2.04 bits per heavy atom. The zero-order chi connectivity index (χ0) is 19.5. The first-order valence-electron chi connectivity index (χ1n) is 7.87. The van der Waals surface area contributed by atoms with E-state index < -0.39 is 34.8 Å². The molecule has 0 saturated carbocycles. The van der Waals surface area contributed by atoms with E-state index in [2.05, 4.69) is 16.0 Å². The van der Waals surface area contributed by atoms with Gasteiger partial charge in [0.2, 0.25) is 17.7 Å². The van der Waals surface area contributed by atoms with Crippen LogP contribution < -0.4 is 16.0 Å². The lowest BCUT2D eigenvalue weighted by Gasteiger charge is -2.25. The molecule has 0 spiro atoms. The monoisotopic (exact) mass is 389 g/mol. The third kappa shape index (κ3) is 4.90. The number of likely N-dealkylation sites (N-methyl/N-ethyl adjacent to an activating group) is 1. The zero-order valence-electron chi connectivity index (χ0n) is 14.1. The molecule has 1 aliphatic heterocycles. The van der Waals surface area contributed by atoms with Gasteiger partial charge in [-0.15, -0.1) is 11.8 Å². The van der Waals surface area contributed by atoms with Crippen molar-refractivity contribution >= 4 is 35.2 Å². The van der Waals surface area contributed by atoms with Crippen molar-refractivity contribution < 1.29 is 27.6 Å². The number of carbonyl (C=O) groups is 3. The highest BCUT2D eigenvalue weighted by Gasteiger charge is 2.34. The molecule has 1 aromatic carbocycles. The van der Waals surface area contributed by atoms with Crippen LogP contribution in [0.3, 0.4) is 0 Å². The van der Waals surface area contributed by atoms with Gasteiger partial charge in [-0.1, -0.05) is 0 Å². The smallest absolute Gasteiger partial charge is 0.355 e. The molecule has 142 valence electrons. The second-order valence-electron chi connectivity index (χ2n) is 5.69. The first-order chi connectivity index (χ1) is 12.1. The van der Waals surface area contributed by atoms with Gasteiger partial charge in [-0.2, -0.15) is 13.2 Å². The summed E-state index contributed by atoms with van der Waals surface area (Å²) in [7, 11) is 0. The predicted octanol–water partition coefficient (Wildman–Crippen LogP) is 2.15. The van der Waals surface area contributed by atoms with Gasteiger partial charge < -0.3 is 16.0 Å². The Kier molecular flexibility index (Phi) is 6.17. The van der Waals surface area contributed by atoms with Crippen molar-refractivity contribution in [2.75, 3.05) is 11.9 Å². The van der Waals surface area contributed by atoms with Crippen LogP contribution in [-0.2, 0) is 20.6 Å². The fourth-order valence-electron chi connectivity index (χ4n) is 2.32. The molecule has 0 fully saturated rings. The summed E-state index contributed by atoms with van der Waals surface area (Å²) in [6.07, 6.45) is -4.70. The van der Waals surface area contributed by atoms with Crippen molar-refractivity contribution in [1.82, 2.24) is 10.6 Å². The molecule has 0 aromatic heterocycles. The van der Waals surface area contributed by atoms with Crippen LogP contribution in [0.4, 0.5) is 18.9 Å². The molecule has 0 saturated heterocycles. The molecule has 1 aromatic rings. The molecule has 2 atom stereocenters. The average molecular weight is 389 g/mol. The standard InChI is InChI=1S/C16H18F3N3O3S/c1-3-20-14(24)8(2)21-13(23)7-12-15(25)22-10-6-9(16(17,18)19)4-5-11(10)26-12/h4-6,8,12H,3,7H2,1-2H3,(H,20,24)(H,21,23)(H,22,25)/t8-,12-/m1/s1. The third-order valence-electron chi connectivity index (χ3n) is 3.62. The highest BCUT2D eigenvalue weighted by molar-refractivity contribution is 8.01. The van der Waals surface area contributed by atoms with E-state index in [1.807, 2.05) is 0 Å². The van der Waals surface area contributed by atoms with Crippen molar-refractivity contribution in [3.8, 4) is 0 Å². The molecule has 0 bridgehead atoms. The van der Waals surface area contributed by atoms with Crippen LogP contribution in [0.25, 0.3) is 0 Å². The fraction of sp³-hybridized carbons (Fsp3) is 0.438. The van der Waals surface area contributed by atoms with Gasteiger partial charge in [0, 0.05) is 17.9 Å². The van der Waals surface area contributed by atoms with Crippen LogP contribution in [-0.4, -0.2) is 35.6 Å². The number of nitrogens with one attached hydrogen (secondary N) is 3. The zero-order valence-corrected chi connectivity index (χ0v) is 14.9. The van der Waals surface area contributed by atoms with Gasteiger partial charge >= 0.3 is 6.18 Å². The van der Waals surface area contributed by atoms with Gasteiger partial charge in [0.1, 0.15) is 6.04 Å². The Labute approximate surface area is 152 Å². The molecule has 1 heterocycles. The first kappa shape index (κ1) is 20.1. The summed E-state index contributed by atoms with van der Waals surface area (Å²) in [5, 5.41) is 6.67. The van der Waals surface area contributed by atoms with Crippen LogP contribution in [0.5, 0.6) is 0 Å². The van der Waals surface area contributed by atoms with Crippen molar-refractivity contribution in [1.29, 1.82) is 0 Å². The number of hydrogen-bond donors (Lipinski definition) is 3. The number of hydrogen-bond acceptors (Lipinski definition) is 4. The van der Waals surface area contributed by atoms with Gasteiger partial charge in [0.15, 0.2) is 0 Å². The van der Waals surface area contributed by atoms with Crippen LogP contribution in [0.2, 0.25) is 0 Å². The van der Waals surface area contributed by atoms with E-state index in [-0.39, 0.29) is 18.0 Å². The molecule has 26 heavy (non-hydrogen) atoms. The Morgan fingerprint density at radius 3 is 2.65 bits per heavy atom. The normalized spacial score (nSPS) is 17.7. The van der Waals surface area contributed by atoms with E-state index in [0.29, 0.717) is 11.4 Å². The SMILES string of the molecule is CCNC(=O)[C@@H](C)NC(=O)C[C@H]1Sc2ccc(C(F)(F)F)cc2NC1=O. The van der Waals surface area contributed by atoms with Crippen molar-refractivity contribution in [2.45, 2.75) is 42.6 Å². The molecular formula is C16H18F3N3O3S. The third-order valence-corrected chi connectivity index (χ3v) is 4.89. The van der Waals surface area contributed by atoms with Crippen LogP contribution in [0.15, 0.2) is 23.1 Å². The van der Waals surface area contributed by atoms with Gasteiger partial charge in [-0.3, -0.25) is 14.4 Å². The fourth-order valence-corrected chi connectivity index (χ4v) is 3.41. The van der Waals surface area contributed by atoms with Crippen molar-refractivity contribution in [3.05, 3.63) is 23.8 Å². The number of amides is 3. The predicted molar refractivity (Wildman–Crippen MR) is 90.6 cm³/mol. The van der Waals surface area contributed by atoms with Gasteiger partial charge in [-0.25, -0.2) is 0 Å². The second-order valence-corrected chi connectivity index (χ2v) is 6.94. The summed E-state index contributed by atoms with van der Waals surface area (Å²) in [5.74, 6) is -1.39. The van der Waals surface area contributed by atoms with E-state index in [1.165, 1.54) is 13.0 Å². The number of halogens is 3. The quantitative estimate of drug-likeness (QED) is 0.720. The molecule has 3 N–H and O–H groups in total. The van der Waals surface area contributed by atoms with Crippen LogP contribution in [0.1, 0.15) is 25.8 Å². The minimum atomic E-state index is -4.50. The van der Waals surface area contributed by atoms with E-state index >= 15 is 0 Å². The lowest BCUT2D eigenvalue weighted by molar-refractivity contribution is -0.137. The van der Waals surface area contributed by atoms with Crippen LogP contribution >= 0.6 is 11.8 Å². The van der Waals surface area contributed by atoms with E-state index in [9.17, 15) is 27.6 Å². The minimum Gasteiger partial charge on any atom is -0.355 e. The topological polar surface area (TPSA) is 87.3 Å². The summed E-state index contributed by atoms with van der Waals surface area (Å²) in [6.45, 7) is 3.69. The van der Waals surface area contributed by atoms with Crippen LogP contribution in [0, 0.1) is 0 Å². The van der Waals surface area contributed by atoms with Gasteiger partial charge in [0.05, 0.1) is 16.5 Å². The summed E-state index contributed by atoms with van der Waals surface area (Å²) >= 11 is 1.02. The molecule has 10 heteroatoms. The molecule has 3 amide bonds. The average Bonchev–Trinajstić information content (AvgIpc) is 2.54. The molecule has 2 rings (SSSR count). The van der Waals surface area contributed by atoms with E-state index in [1.54, 1.807) is 6.92 Å². The molecule has 0 aliphatic carbocycles. The molecule has 0 unspecified atom stereocenters. The van der Waals surface area contributed by atoms with Gasteiger partial charge in [-0.05, 0) is 32.0 Å². The molecular weight excluding hydrogens is 371 g/mol. The molecule has 0 radical (unpaired) electrons. The maximum Gasteiger partial charge on any atom is 0.416 e. The number of alkyl halides is 3. The second kappa shape index (κ2) is 7.98. The Bertz CT molecular complexity index is 724. The van der Waals surface area contributed by atoms with Gasteiger partial charge in [0.25, 0.3) is 0 Å². The number of anilines is 1. The Hall–Kier alpha value is -2.23. The Balaban J connectivity index is 2.02. The molecule has 1 aliphatic rings. The van der Waals surface area contributed by atoms with E-state index in [4.69, 9.17) is 0 Å².